The maximum absolute atomic E-state index is 12.1. The number of thioether (sulfide) groups is 1. The van der Waals surface area contributed by atoms with Crippen molar-refractivity contribution in [3.63, 3.8) is 0 Å². The zero-order valence-corrected chi connectivity index (χ0v) is 11.9. The van der Waals surface area contributed by atoms with Crippen molar-refractivity contribution in [3.8, 4) is 0 Å². The first-order valence-electron chi connectivity index (χ1n) is 6.09. The van der Waals surface area contributed by atoms with Crippen LogP contribution in [0.2, 0.25) is 0 Å². The number of methoxy groups -OCH3 is 1. The van der Waals surface area contributed by atoms with E-state index in [-0.39, 0.29) is 0 Å². The van der Waals surface area contributed by atoms with Crippen LogP contribution in [0.15, 0.2) is 29.2 Å². The Morgan fingerprint density at radius 2 is 1.95 bits per heavy atom. The lowest BCUT2D eigenvalue weighted by molar-refractivity contribution is -0.195. The molecule has 0 aliphatic heterocycles. The lowest BCUT2D eigenvalue weighted by Gasteiger charge is -2.13. The number of nitrogens with one attached hydrogen (secondary N) is 1. The highest BCUT2D eigenvalue weighted by molar-refractivity contribution is 7.99. The van der Waals surface area contributed by atoms with Crippen LogP contribution < -0.4 is 5.32 Å². The summed E-state index contributed by atoms with van der Waals surface area (Å²) in [5.74, 6) is -0.394. The second-order valence-electron chi connectivity index (χ2n) is 4.18. The van der Waals surface area contributed by atoms with Gasteiger partial charge < -0.3 is 15.2 Å². The smallest absolute Gasteiger partial charge is 0.383 e. The van der Waals surface area contributed by atoms with E-state index in [1.54, 1.807) is 19.2 Å². The first kappa shape index (κ1) is 17.3. The number of alkyl halides is 3. The zero-order valence-electron chi connectivity index (χ0n) is 11.1. The van der Waals surface area contributed by atoms with E-state index in [2.05, 4.69) is 5.32 Å². The van der Waals surface area contributed by atoms with Gasteiger partial charge in [0.25, 0.3) is 0 Å². The number of rotatable bonds is 8. The molecule has 0 fully saturated rings. The number of hydrogen-bond acceptors (Lipinski definition) is 4. The Kier molecular flexibility index (Phi) is 7.36. The molecule has 0 heterocycles. The van der Waals surface area contributed by atoms with Crippen LogP contribution in [0.4, 0.5) is 13.2 Å². The van der Waals surface area contributed by atoms with Crippen LogP contribution in [0.3, 0.4) is 0 Å². The van der Waals surface area contributed by atoms with Gasteiger partial charge in [0.15, 0.2) is 6.10 Å². The van der Waals surface area contributed by atoms with E-state index in [0.717, 1.165) is 23.9 Å². The summed E-state index contributed by atoms with van der Waals surface area (Å²) in [6, 6.07) is 7.20. The van der Waals surface area contributed by atoms with Crippen LogP contribution in [-0.4, -0.2) is 43.4 Å². The van der Waals surface area contributed by atoms with Gasteiger partial charge in [0.2, 0.25) is 0 Å². The molecule has 2 N–H and O–H groups in total. The van der Waals surface area contributed by atoms with Gasteiger partial charge in [-0.2, -0.15) is 13.2 Å². The van der Waals surface area contributed by atoms with E-state index in [0.29, 0.717) is 18.0 Å². The van der Waals surface area contributed by atoms with Gasteiger partial charge in [-0.3, -0.25) is 0 Å². The molecular formula is C13H18F3NO2S. The third-order valence-corrected chi connectivity index (χ3v) is 3.61. The average molecular weight is 309 g/mol. The minimum Gasteiger partial charge on any atom is -0.383 e. The summed E-state index contributed by atoms with van der Waals surface area (Å²) in [7, 11) is 1.63. The Labute approximate surface area is 120 Å². The first-order chi connectivity index (χ1) is 9.43. The van der Waals surface area contributed by atoms with Crippen LogP contribution >= 0.6 is 11.8 Å². The van der Waals surface area contributed by atoms with Gasteiger partial charge in [-0.25, -0.2) is 0 Å². The largest absolute Gasteiger partial charge is 0.415 e. The predicted octanol–water partition coefficient (Wildman–Crippen LogP) is 2.44. The molecule has 0 bridgehead atoms. The van der Waals surface area contributed by atoms with Gasteiger partial charge in [0, 0.05) is 30.8 Å². The normalized spacial score (nSPS) is 13.4. The molecule has 114 valence electrons. The number of aliphatic hydroxyl groups excluding tert-OH is 1. The van der Waals surface area contributed by atoms with Gasteiger partial charge in [-0.15, -0.1) is 11.8 Å². The lowest BCUT2D eigenvalue weighted by atomic mass is 10.2. The summed E-state index contributed by atoms with van der Waals surface area (Å²) in [6.45, 7) is 2.05. The molecule has 1 unspecified atom stereocenters. The van der Waals surface area contributed by atoms with Gasteiger partial charge in [0.1, 0.15) is 0 Å². The molecule has 0 aliphatic carbocycles. The summed E-state index contributed by atoms with van der Waals surface area (Å²) >= 11 is 0.986. The fourth-order valence-electron chi connectivity index (χ4n) is 1.38. The summed E-state index contributed by atoms with van der Waals surface area (Å²) in [6.07, 6.45) is -6.85. The van der Waals surface area contributed by atoms with E-state index in [4.69, 9.17) is 9.84 Å². The molecule has 0 radical (unpaired) electrons. The summed E-state index contributed by atoms with van der Waals surface area (Å²) < 4.78 is 41.3. The van der Waals surface area contributed by atoms with Crippen LogP contribution in [0.25, 0.3) is 0 Å². The van der Waals surface area contributed by atoms with Crippen molar-refractivity contribution in [3.05, 3.63) is 29.8 Å². The van der Waals surface area contributed by atoms with Gasteiger partial charge in [-0.1, -0.05) is 12.1 Å². The molecular weight excluding hydrogens is 291 g/mol. The average Bonchev–Trinajstić information content (AvgIpc) is 2.41. The molecule has 1 aromatic rings. The Bertz CT molecular complexity index is 384. The Hall–Kier alpha value is -0.760. The number of benzene rings is 1. The van der Waals surface area contributed by atoms with Crippen LogP contribution in [0.1, 0.15) is 5.56 Å². The van der Waals surface area contributed by atoms with E-state index in [9.17, 15) is 13.2 Å². The maximum Gasteiger partial charge on any atom is 0.415 e. The summed E-state index contributed by atoms with van der Waals surface area (Å²) in [5.41, 5.74) is 1.04. The molecule has 7 heteroatoms. The lowest BCUT2D eigenvalue weighted by Crippen LogP contribution is -2.30. The van der Waals surface area contributed by atoms with Gasteiger partial charge in [-0.05, 0) is 17.7 Å². The molecule has 0 saturated heterocycles. The molecule has 3 nitrogen and oxygen atoms in total. The second-order valence-corrected chi connectivity index (χ2v) is 5.28. The van der Waals surface area contributed by atoms with Crippen molar-refractivity contribution in [1.29, 1.82) is 0 Å². The minimum atomic E-state index is -4.56. The number of halogens is 3. The molecule has 0 aliphatic rings. The van der Waals surface area contributed by atoms with Crippen molar-refractivity contribution in [1.82, 2.24) is 5.32 Å². The monoisotopic (exact) mass is 309 g/mol. The third-order valence-electron chi connectivity index (χ3n) is 2.52. The molecule has 20 heavy (non-hydrogen) atoms. The van der Waals surface area contributed by atoms with Crippen molar-refractivity contribution in [2.75, 3.05) is 26.0 Å². The van der Waals surface area contributed by atoms with E-state index < -0.39 is 18.0 Å². The van der Waals surface area contributed by atoms with Crippen LogP contribution in [-0.2, 0) is 11.3 Å². The number of aliphatic hydroxyl groups is 1. The molecule has 1 atom stereocenters. The standard InChI is InChI=1S/C13H18F3NO2S/c1-19-7-6-17-8-10-2-4-11(5-3-10)20-9-12(18)13(14,15)16/h2-5,12,17-18H,6-9H2,1H3. The molecule has 0 saturated carbocycles. The Morgan fingerprint density at radius 3 is 2.50 bits per heavy atom. The maximum atomic E-state index is 12.1. The second kappa shape index (κ2) is 8.51. The Balaban J connectivity index is 2.35. The minimum absolute atomic E-state index is 0.394. The predicted molar refractivity (Wildman–Crippen MR) is 72.8 cm³/mol. The van der Waals surface area contributed by atoms with Crippen molar-refractivity contribution < 1.29 is 23.0 Å². The SMILES string of the molecule is COCCNCc1ccc(SCC(O)C(F)(F)F)cc1. The molecule has 0 aromatic heterocycles. The highest BCUT2D eigenvalue weighted by Gasteiger charge is 2.37. The molecule has 0 spiro atoms. The van der Waals surface area contributed by atoms with E-state index in [1.807, 2.05) is 12.1 Å². The number of ether oxygens (including phenoxy) is 1. The number of hydrogen-bond donors (Lipinski definition) is 2. The highest BCUT2D eigenvalue weighted by atomic mass is 32.2. The summed E-state index contributed by atoms with van der Waals surface area (Å²) in [4.78, 5) is 0.703. The highest BCUT2D eigenvalue weighted by Crippen LogP contribution is 2.26. The van der Waals surface area contributed by atoms with Crippen molar-refractivity contribution >= 4 is 11.8 Å². The fraction of sp³-hybridized carbons (Fsp3) is 0.538. The summed E-state index contributed by atoms with van der Waals surface area (Å²) in [5, 5.41) is 12.1. The first-order valence-corrected chi connectivity index (χ1v) is 7.08. The molecule has 1 rings (SSSR count). The molecule has 0 amide bonds. The van der Waals surface area contributed by atoms with E-state index >= 15 is 0 Å². The van der Waals surface area contributed by atoms with E-state index in [1.165, 1.54) is 0 Å². The van der Waals surface area contributed by atoms with Crippen LogP contribution in [0, 0.1) is 0 Å². The van der Waals surface area contributed by atoms with Gasteiger partial charge in [0.05, 0.1) is 6.61 Å². The topological polar surface area (TPSA) is 41.5 Å². The van der Waals surface area contributed by atoms with Crippen molar-refractivity contribution in [2.24, 2.45) is 0 Å². The fourth-order valence-corrected chi connectivity index (χ4v) is 2.25. The van der Waals surface area contributed by atoms with Gasteiger partial charge >= 0.3 is 6.18 Å². The Morgan fingerprint density at radius 1 is 1.30 bits per heavy atom. The molecule has 1 aromatic carbocycles. The third kappa shape index (κ3) is 6.60. The zero-order chi connectivity index (χ0) is 15.0. The quantitative estimate of drug-likeness (QED) is 0.572. The van der Waals surface area contributed by atoms with Crippen molar-refractivity contribution in [2.45, 2.75) is 23.7 Å². The van der Waals surface area contributed by atoms with Crippen LogP contribution in [0.5, 0.6) is 0 Å².